The molecule has 0 atom stereocenters. The fraction of sp³-hybridized carbons (Fsp3) is 0.700. The van der Waals surface area contributed by atoms with Gasteiger partial charge in [0.15, 0.2) is 0 Å². The molecular weight excluding hydrogens is 221 g/mol. The van der Waals surface area contributed by atoms with Crippen LogP contribution in [0, 0.1) is 12.3 Å². The summed E-state index contributed by atoms with van der Waals surface area (Å²) in [6.07, 6.45) is 0.602. The van der Waals surface area contributed by atoms with Gasteiger partial charge in [0, 0.05) is 6.04 Å². The zero-order chi connectivity index (χ0) is 12.8. The van der Waals surface area contributed by atoms with Gasteiger partial charge in [0.25, 0.3) is 0 Å². The van der Waals surface area contributed by atoms with E-state index in [0.717, 1.165) is 4.90 Å². The molecule has 0 saturated heterocycles. The van der Waals surface area contributed by atoms with E-state index in [1.54, 1.807) is 13.8 Å². The summed E-state index contributed by atoms with van der Waals surface area (Å²) in [5, 5.41) is 2.32. The number of rotatable bonds is 5. The topological polar surface area (TPSA) is 32.3 Å². The third-order valence-electron chi connectivity index (χ3n) is 1.85. The van der Waals surface area contributed by atoms with Crippen LogP contribution in [0.25, 0.3) is 0 Å². The number of amides is 1. The molecule has 0 fully saturated rings. The molecule has 0 unspecified atom stereocenters. The number of nitrogens with zero attached hydrogens (tertiary/aromatic N) is 1. The molecule has 0 heterocycles. The van der Waals surface area contributed by atoms with E-state index in [4.69, 9.17) is 6.42 Å². The largest absolute Gasteiger partial charge is 0.401 e. The van der Waals surface area contributed by atoms with Crippen LogP contribution in [-0.2, 0) is 4.79 Å². The summed E-state index contributed by atoms with van der Waals surface area (Å²) in [5.74, 6) is 1.67. The molecule has 1 N–H and O–H groups in total. The Balaban J connectivity index is 4.25. The summed E-state index contributed by atoms with van der Waals surface area (Å²) in [6, 6.07) is -0.363. The minimum Gasteiger partial charge on any atom is -0.344 e. The van der Waals surface area contributed by atoms with E-state index in [2.05, 4.69) is 11.2 Å². The van der Waals surface area contributed by atoms with Crippen molar-refractivity contribution in [3.63, 3.8) is 0 Å². The van der Waals surface area contributed by atoms with Crippen molar-refractivity contribution in [2.45, 2.75) is 26.1 Å². The Morgan fingerprint density at radius 3 is 2.44 bits per heavy atom. The molecule has 0 bridgehead atoms. The Morgan fingerprint density at radius 1 is 1.50 bits per heavy atom. The number of carbonyl (C=O) groups is 1. The van der Waals surface area contributed by atoms with Crippen LogP contribution in [0.2, 0.25) is 0 Å². The fourth-order valence-electron chi connectivity index (χ4n) is 1.04. The van der Waals surface area contributed by atoms with Gasteiger partial charge in [-0.05, 0) is 13.8 Å². The average Bonchev–Trinajstić information content (AvgIpc) is 2.11. The van der Waals surface area contributed by atoms with E-state index in [0.29, 0.717) is 0 Å². The lowest BCUT2D eigenvalue weighted by Crippen LogP contribution is -2.45. The second kappa shape index (κ2) is 6.38. The molecule has 0 aromatic rings. The van der Waals surface area contributed by atoms with Gasteiger partial charge in [-0.1, -0.05) is 5.92 Å². The Labute approximate surface area is 93.0 Å². The summed E-state index contributed by atoms with van der Waals surface area (Å²) in [6.45, 7) is 1.81. The number of hydrogen-bond acceptors (Lipinski definition) is 2. The molecule has 1 amide bonds. The first-order valence-electron chi connectivity index (χ1n) is 4.77. The first-order valence-corrected chi connectivity index (χ1v) is 4.77. The molecular formula is C10H15F3N2O. The van der Waals surface area contributed by atoms with E-state index < -0.39 is 18.6 Å². The van der Waals surface area contributed by atoms with Gasteiger partial charge in [0.1, 0.15) is 0 Å². The van der Waals surface area contributed by atoms with E-state index >= 15 is 0 Å². The Hall–Kier alpha value is -1.22. The van der Waals surface area contributed by atoms with Crippen LogP contribution in [-0.4, -0.2) is 42.7 Å². The maximum atomic E-state index is 12.2. The maximum Gasteiger partial charge on any atom is 0.401 e. The van der Waals surface area contributed by atoms with Crippen molar-refractivity contribution in [2.75, 3.05) is 19.6 Å². The fourth-order valence-corrected chi connectivity index (χ4v) is 1.04. The van der Waals surface area contributed by atoms with E-state index in [-0.39, 0.29) is 19.1 Å². The molecule has 0 aliphatic rings. The zero-order valence-corrected chi connectivity index (χ0v) is 9.27. The van der Waals surface area contributed by atoms with Gasteiger partial charge in [0.2, 0.25) is 5.91 Å². The molecule has 92 valence electrons. The first-order chi connectivity index (χ1) is 7.26. The van der Waals surface area contributed by atoms with Crippen molar-refractivity contribution < 1.29 is 18.0 Å². The smallest absolute Gasteiger partial charge is 0.344 e. The van der Waals surface area contributed by atoms with Gasteiger partial charge in [0.05, 0.1) is 19.6 Å². The number of terminal acetylenes is 1. The lowest BCUT2D eigenvalue weighted by Gasteiger charge is -2.26. The van der Waals surface area contributed by atoms with Crippen LogP contribution in [0.5, 0.6) is 0 Å². The molecule has 6 heteroatoms. The summed E-state index contributed by atoms with van der Waals surface area (Å²) < 4.78 is 36.5. The normalized spacial score (nSPS) is 11.6. The predicted octanol–water partition coefficient (Wildman–Crippen LogP) is 1.01. The Bertz CT molecular complexity index is 268. The third kappa shape index (κ3) is 7.12. The number of alkyl halides is 3. The summed E-state index contributed by atoms with van der Waals surface area (Å²) in [4.78, 5) is 12.2. The van der Waals surface area contributed by atoms with Crippen molar-refractivity contribution >= 4 is 5.91 Å². The SMILES string of the molecule is C#CCNC(=O)CN(CC(F)(F)F)C(C)C. The highest BCUT2D eigenvalue weighted by Crippen LogP contribution is 2.17. The van der Waals surface area contributed by atoms with Gasteiger partial charge < -0.3 is 5.32 Å². The van der Waals surface area contributed by atoms with E-state index in [1.807, 2.05) is 0 Å². The standard InChI is InChI=1S/C10H15F3N2O/c1-4-5-14-9(16)6-15(8(2)3)7-10(11,12)13/h1,8H,5-7H2,2-3H3,(H,14,16). The van der Waals surface area contributed by atoms with Crippen LogP contribution >= 0.6 is 0 Å². The number of halogens is 3. The zero-order valence-electron chi connectivity index (χ0n) is 9.27. The van der Waals surface area contributed by atoms with Gasteiger partial charge in [-0.3, -0.25) is 9.69 Å². The van der Waals surface area contributed by atoms with Gasteiger partial charge in [-0.15, -0.1) is 6.42 Å². The van der Waals surface area contributed by atoms with Crippen LogP contribution in [0.15, 0.2) is 0 Å². The molecule has 16 heavy (non-hydrogen) atoms. The molecule has 3 nitrogen and oxygen atoms in total. The Kier molecular flexibility index (Phi) is 5.89. The van der Waals surface area contributed by atoms with Crippen molar-refractivity contribution in [1.29, 1.82) is 0 Å². The van der Waals surface area contributed by atoms with E-state index in [1.165, 1.54) is 0 Å². The summed E-state index contributed by atoms with van der Waals surface area (Å²) >= 11 is 0. The van der Waals surface area contributed by atoms with Gasteiger partial charge in [-0.25, -0.2) is 0 Å². The summed E-state index contributed by atoms with van der Waals surface area (Å²) in [7, 11) is 0. The minimum atomic E-state index is -4.31. The molecule has 0 radical (unpaired) electrons. The quantitative estimate of drug-likeness (QED) is 0.722. The second-order valence-corrected chi connectivity index (χ2v) is 3.59. The Morgan fingerprint density at radius 2 is 2.06 bits per heavy atom. The van der Waals surface area contributed by atoms with E-state index in [9.17, 15) is 18.0 Å². The molecule has 0 aliphatic heterocycles. The maximum absolute atomic E-state index is 12.2. The lowest BCUT2D eigenvalue weighted by atomic mass is 10.3. The van der Waals surface area contributed by atoms with Crippen LogP contribution in [0.3, 0.4) is 0 Å². The van der Waals surface area contributed by atoms with Crippen LogP contribution < -0.4 is 5.32 Å². The molecule has 0 saturated carbocycles. The summed E-state index contributed by atoms with van der Waals surface area (Å²) in [5.41, 5.74) is 0. The molecule has 0 aromatic heterocycles. The molecule has 0 aromatic carbocycles. The second-order valence-electron chi connectivity index (χ2n) is 3.59. The molecule has 0 aliphatic carbocycles. The minimum absolute atomic E-state index is 0.0246. The van der Waals surface area contributed by atoms with Crippen LogP contribution in [0.4, 0.5) is 13.2 Å². The number of carbonyl (C=O) groups excluding carboxylic acids is 1. The number of nitrogens with one attached hydrogen (secondary N) is 1. The van der Waals surface area contributed by atoms with Crippen molar-refractivity contribution in [3.8, 4) is 12.3 Å². The van der Waals surface area contributed by atoms with Crippen LogP contribution in [0.1, 0.15) is 13.8 Å². The van der Waals surface area contributed by atoms with Gasteiger partial charge >= 0.3 is 6.18 Å². The highest BCUT2D eigenvalue weighted by Gasteiger charge is 2.32. The lowest BCUT2D eigenvalue weighted by molar-refractivity contribution is -0.152. The third-order valence-corrected chi connectivity index (χ3v) is 1.85. The monoisotopic (exact) mass is 236 g/mol. The highest BCUT2D eigenvalue weighted by atomic mass is 19.4. The van der Waals surface area contributed by atoms with Gasteiger partial charge in [-0.2, -0.15) is 13.2 Å². The van der Waals surface area contributed by atoms with Crippen molar-refractivity contribution in [1.82, 2.24) is 10.2 Å². The average molecular weight is 236 g/mol. The number of hydrogen-bond donors (Lipinski definition) is 1. The van der Waals surface area contributed by atoms with Crippen molar-refractivity contribution in [2.24, 2.45) is 0 Å². The molecule has 0 rings (SSSR count). The first kappa shape index (κ1) is 14.8. The predicted molar refractivity (Wildman–Crippen MR) is 54.6 cm³/mol. The van der Waals surface area contributed by atoms with Crippen molar-refractivity contribution in [3.05, 3.63) is 0 Å². The molecule has 0 spiro atoms. The highest BCUT2D eigenvalue weighted by molar-refractivity contribution is 5.78.